The standard InChI is InChI=1S/C24H14Cl4N2O3S2/c25-14-3-8-20(19(28)10-14)29-22(31)12-33-16-5-1-13(2-6-16)9-21-23(32)30(24(34)35-21)15-4-7-17(26)18(27)11-15/h1-11H,12H2,(H,29,31)/b21-9-. The van der Waals surface area contributed by atoms with Crippen LogP contribution in [-0.4, -0.2) is 22.7 Å². The summed E-state index contributed by atoms with van der Waals surface area (Å²) in [6.45, 7) is -0.208. The van der Waals surface area contributed by atoms with Crippen LogP contribution in [0.4, 0.5) is 11.4 Å². The third kappa shape index (κ3) is 6.30. The summed E-state index contributed by atoms with van der Waals surface area (Å²) < 4.78 is 5.93. The molecule has 1 heterocycles. The minimum Gasteiger partial charge on any atom is -0.484 e. The highest BCUT2D eigenvalue weighted by atomic mass is 35.5. The number of rotatable bonds is 6. The molecule has 0 atom stereocenters. The van der Waals surface area contributed by atoms with Crippen molar-refractivity contribution in [3.63, 3.8) is 0 Å². The highest BCUT2D eigenvalue weighted by molar-refractivity contribution is 8.27. The third-order valence-corrected chi connectivity index (χ3v) is 7.30. The molecule has 0 saturated carbocycles. The normalized spacial score (nSPS) is 14.5. The molecule has 0 bridgehead atoms. The van der Waals surface area contributed by atoms with Crippen LogP contribution in [0.25, 0.3) is 6.08 Å². The molecule has 1 N–H and O–H groups in total. The van der Waals surface area contributed by atoms with E-state index in [-0.39, 0.29) is 18.4 Å². The summed E-state index contributed by atoms with van der Waals surface area (Å²) in [7, 11) is 0. The molecule has 1 saturated heterocycles. The first kappa shape index (κ1) is 25.8. The smallest absolute Gasteiger partial charge is 0.270 e. The van der Waals surface area contributed by atoms with Crippen LogP contribution in [0.2, 0.25) is 20.1 Å². The number of benzene rings is 3. The Kier molecular flexibility index (Phi) is 8.27. The molecule has 2 amide bonds. The zero-order chi connectivity index (χ0) is 25.1. The quantitative estimate of drug-likeness (QED) is 0.238. The van der Waals surface area contributed by atoms with Crippen LogP contribution < -0.4 is 15.0 Å². The number of hydrogen-bond donors (Lipinski definition) is 1. The highest BCUT2D eigenvalue weighted by Gasteiger charge is 2.33. The zero-order valence-electron chi connectivity index (χ0n) is 17.6. The molecule has 0 spiro atoms. The van der Waals surface area contributed by atoms with Gasteiger partial charge in [-0.15, -0.1) is 0 Å². The summed E-state index contributed by atoms with van der Waals surface area (Å²) in [4.78, 5) is 27.0. The zero-order valence-corrected chi connectivity index (χ0v) is 22.2. The van der Waals surface area contributed by atoms with Crippen molar-refractivity contribution in [3.05, 3.63) is 91.2 Å². The molecule has 35 heavy (non-hydrogen) atoms. The minimum atomic E-state index is -0.371. The van der Waals surface area contributed by atoms with E-state index in [9.17, 15) is 9.59 Å². The van der Waals surface area contributed by atoms with Crippen LogP contribution in [0.1, 0.15) is 5.56 Å². The number of thioether (sulfide) groups is 1. The Bertz CT molecular complexity index is 1360. The maximum absolute atomic E-state index is 12.9. The molecule has 3 aromatic carbocycles. The first-order valence-electron chi connectivity index (χ1n) is 9.92. The van der Waals surface area contributed by atoms with Gasteiger partial charge in [0.2, 0.25) is 0 Å². The van der Waals surface area contributed by atoms with E-state index in [0.717, 1.165) is 5.56 Å². The van der Waals surface area contributed by atoms with Crippen LogP contribution in [-0.2, 0) is 9.59 Å². The van der Waals surface area contributed by atoms with E-state index in [0.29, 0.717) is 46.4 Å². The fourth-order valence-corrected chi connectivity index (χ4v) is 5.10. The lowest BCUT2D eigenvalue weighted by molar-refractivity contribution is -0.118. The molecule has 0 radical (unpaired) electrons. The van der Waals surface area contributed by atoms with Crippen molar-refractivity contribution in [2.75, 3.05) is 16.8 Å². The summed E-state index contributed by atoms with van der Waals surface area (Å²) in [5, 5.41) is 4.20. The lowest BCUT2D eigenvalue weighted by atomic mass is 10.2. The number of nitrogens with one attached hydrogen (secondary N) is 1. The first-order chi connectivity index (χ1) is 16.7. The summed E-state index contributed by atoms with van der Waals surface area (Å²) in [6, 6.07) is 16.6. The molecule has 1 aliphatic heterocycles. The number of amides is 2. The van der Waals surface area contributed by atoms with Crippen molar-refractivity contribution in [1.29, 1.82) is 0 Å². The van der Waals surface area contributed by atoms with Crippen LogP contribution in [0.5, 0.6) is 5.75 Å². The predicted molar refractivity (Wildman–Crippen MR) is 149 cm³/mol. The highest BCUT2D eigenvalue weighted by Crippen LogP contribution is 2.38. The Morgan fingerprint density at radius 1 is 0.971 bits per heavy atom. The van der Waals surface area contributed by atoms with E-state index < -0.39 is 0 Å². The van der Waals surface area contributed by atoms with Gasteiger partial charge in [-0.2, -0.15) is 0 Å². The van der Waals surface area contributed by atoms with Crippen molar-refractivity contribution in [1.82, 2.24) is 0 Å². The number of carbonyl (C=O) groups is 2. The number of anilines is 2. The molecular weight excluding hydrogens is 570 g/mol. The van der Waals surface area contributed by atoms with E-state index in [4.69, 9.17) is 63.4 Å². The van der Waals surface area contributed by atoms with Crippen molar-refractivity contribution >= 4 is 104 Å². The molecule has 11 heteroatoms. The van der Waals surface area contributed by atoms with Gasteiger partial charge in [0.15, 0.2) is 10.9 Å². The van der Waals surface area contributed by atoms with Gasteiger partial charge in [-0.1, -0.05) is 82.5 Å². The second kappa shape index (κ2) is 11.2. The maximum atomic E-state index is 12.9. The molecule has 0 unspecified atom stereocenters. The maximum Gasteiger partial charge on any atom is 0.270 e. The van der Waals surface area contributed by atoms with E-state index in [1.165, 1.54) is 22.7 Å². The van der Waals surface area contributed by atoms with Gasteiger partial charge in [0.25, 0.3) is 11.8 Å². The number of hydrogen-bond acceptors (Lipinski definition) is 5. The van der Waals surface area contributed by atoms with E-state index >= 15 is 0 Å². The summed E-state index contributed by atoms with van der Waals surface area (Å²) in [5.41, 5.74) is 1.76. The van der Waals surface area contributed by atoms with Gasteiger partial charge in [-0.05, 0) is 60.2 Å². The van der Waals surface area contributed by atoms with Crippen LogP contribution >= 0.6 is 70.4 Å². The minimum absolute atomic E-state index is 0.208. The van der Waals surface area contributed by atoms with E-state index in [1.54, 1.807) is 60.7 Å². The van der Waals surface area contributed by atoms with E-state index in [2.05, 4.69) is 5.32 Å². The molecule has 178 valence electrons. The van der Waals surface area contributed by atoms with Gasteiger partial charge >= 0.3 is 0 Å². The molecule has 5 nitrogen and oxygen atoms in total. The Labute approximate surface area is 230 Å². The first-order valence-corrected chi connectivity index (χ1v) is 12.7. The molecule has 1 fully saturated rings. The van der Waals surface area contributed by atoms with Gasteiger partial charge in [0.05, 0.1) is 31.3 Å². The van der Waals surface area contributed by atoms with Gasteiger partial charge in [-0.3, -0.25) is 14.5 Å². The molecular formula is C24H14Cl4N2O3S2. The lowest BCUT2D eigenvalue weighted by Gasteiger charge is -2.15. The molecule has 0 aromatic heterocycles. The van der Waals surface area contributed by atoms with Crippen molar-refractivity contribution < 1.29 is 14.3 Å². The van der Waals surface area contributed by atoms with Gasteiger partial charge in [0.1, 0.15) is 5.75 Å². The Hall–Kier alpha value is -2.26. The van der Waals surface area contributed by atoms with Crippen molar-refractivity contribution in [2.24, 2.45) is 0 Å². The fraction of sp³-hybridized carbons (Fsp3) is 0.0417. The Balaban J connectivity index is 1.38. The average Bonchev–Trinajstić information content (AvgIpc) is 3.10. The average molecular weight is 584 g/mol. The van der Waals surface area contributed by atoms with Crippen molar-refractivity contribution in [3.8, 4) is 5.75 Å². The molecule has 1 aliphatic rings. The van der Waals surface area contributed by atoms with Gasteiger partial charge < -0.3 is 10.1 Å². The summed E-state index contributed by atoms with van der Waals surface area (Å²) in [6.07, 6.45) is 1.73. The van der Waals surface area contributed by atoms with E-state index in [1.807, 2.05) is 0 Å². The molecule has 4 rings (SSSR count). The number of thiocarbonyl (C=S) groups is 1. The summed E-state index contributed by atoms with van der Waals surface area (Å²) in [5.74, 6) is -0.136. The lowest BCUT2D eigenvalue weighted by Crippen LogP contribution is -2.27. The summed E-state index contributed by atoms with van der Waals surface area (Å²) >= 11 is 30.6. The van der Waals surface area contributed by atoms with Crippen molar-refractivity contribution in [2.45, 2.75) is 0 Å². The van der Waals surface area contributed by atoms with Gasteiger partial charge in [-0.25, -0.2) is 0 Å². The monoisotopic (exact) mass is 582 g/mol. The largest absolute Gasteiger partial charge is 0.484 e. The molecule has 0 aliphatic carbocycles. The second-order valence-corrected chi connectivity index (χ2v) is 10.5. The fourth-order valence-electron chi connectivity index (χ4n) is 3.05. The van der Waals surface area contributed by atoms with Crippen LogP contribution in [0.3, 0.4) is 0 Å². The number of nitrogens with zero attached hydrogens (tertiary/aromatic N) is 1. The number of ether oxygens (including phenoxy) is 1. The molecule has 3 aromatic rings. The predicted octanol–water partition coefficient (Wildman–Crippen LogP) is 7.72. The SMILES string of the molecule is O=C(COc1ccc(/C=C2\SC(=S)N(c3ccc(Cl)c(Cl)c3)C2=O)cc1)Nc1ccc(Cl)cc1Cl. The van der Waals surface area contributed by atoms with Crippen LogP contribution in [0.15, 0.2) is 65.6 Å². The topological polar surface area (TPSA) is 58.6 Å². The Morgan fingerprint density at radius 2 is 1.71 bits per heavy atom. The number of halogens is 4. The Morgan fingerprint density at radius 3 is 2.40 bits per heavy atom. The second-order valence-electron chi connectivity index (χ2n) is 7.15. The third-order valence-electron chi connectivity index (χ3n) is 4.71. The van der Waals surface area contributed by atoms with Gasteiger partial charge in [0, 0.05) is 5.02 Å². The van der Waals surface area contributed by atoms with Crippen LogP contribution in [0, 0.1) is 0 Å². The number of carbonyl (C=O) groups excluding carboxylic acids is 2.